The highest BCUT2D eigenvalue weighted by molar-refractivity contribution is 5.70. The average Bonchev–Trinajstić information content (AvgIpc) is 2.29. The van der Waals surface area contributed by atoms with Crippen molar-refractivity contribution in [1.82, 2.24) is 0 Å². The molecule has 0 aliphatic carbocycles. The maximum atomic E-state index is 13.6. The largest absolute Gasteiger partial charge is 0.496 e. The number of halogens is 1. The fraction of sp³-hybridized carbons (Fsp3) is 0.0769. The van der Waals surface area contributed by atoms with Crippen LogP contribution in [0.25, 0.3) is 11.1 Å². The van der Waals surface area contributed by atoms with E-state index in [0.717, 1.165) is 5.56 Å². The molecule has 0 aliphatic heterocycles. The summed E-state index contributed by atoms with van der Waals surface area (Å²) in [5.41, 5.74) is 1.29. The molecule has 0 saturated heterocycles. The summed E-state index contributed by atoms with van der Waals surface area (Å²) in [4.78, 5) is 0. The molecule has 1 radical (unpaired) electrons. The van der Waals surface area contributed by atoms with Gasteiger partial charge in [0.05, 0.1) is 12.7 Å². The topological polar surface area (TPSA) is 9.23 Å². The van der Waals surface area contributed by atoms with Gasteiger partial charge in [0.1, 0.15) is 11.6 Å². The second kappa shape index (κ2) is 4.13. The van der Waals surface area contributed by atoms with Gasteiger partial charge in [-0.05, 0) is 23.8 Å². The van der Waals surface area contributed by atoms with Crippen LogP contribution in [0.15, 0.2) is 42.5 Å². The van der Waals surface area contributed by atoms with E-state index in [2.05, 4.69) is 6.07 Å². The van der Waals surface area contributed by atoms with Gasteiger partial charge in [-0.15, -0.1) is 0 Å². The summed E-state index contributed by atoms with van der Waals surface area (Å²) >= 11 is 0. The molecule has 0 aliphatic rings. The standard InChI is InChI=1S/C13H10FO/c1-15-12-9-5-8-11(14)13(12)10-6-3-2-4-7-10/h3-9H,1H3. The van der Waals surface area contributed by atoms with Crippen LogP contribution in [0, 0.1) is 11.9 Å². The van der Waals surface area contributed by atoms with Gasteiger partial charge in [-0.3, -0.25) is 0 Å². The van der Waals surface area contributed by atoms with Crippen molar-refractivity contribution in [2.24, 2.45) is 0 Å². The molecule has 0 saturated carbocycles. The highest BCUT2D eigenvalue weighted by Crippen LogP contribution is 2.31. The Morgan fingerprint density at radius 1 is 1.13 bits per heavy atom. The van der Waals surface area contributed by atoms with Crippen LogP contribution in [0.4, 0.5) is 4.39 Å². The van der Waals surface area contributed by atoms with Gasteiger partial charge in [0, 0.05) is 0 Å². The van der Waals surface area contributed by atoms with Crippen molar-refractivity contribution in [2.75, 3.05) is 7.11 Å². The van der Waals surface area contributed by atoms with Crippen LogP contribution >= 0.6 is 0 Å². The van der Waals surface area contributed by atoms with Crippen molar-refractivity contribution < 1.29 is 9.13 Å². The quantitative estimate of drug-likeness (QED) is 0.724. The summed E-state index contributed by atoms with van der Waals surface area (Å²) in [5, 5.41) is 0. The van der Waals surface area contributed by atoms with E-state index in [0.29, 0.717) is 11.3 Å². The van der Waals surface area contributed by atoms with E-state index in [1.165, 1.54) is 13.2 Å². The molecule has 15 heavy (non-hydrogen) atoms. The van der Waals surface area contributed by atoms with Crippen molar-refractivity contribution in [3.05, 3.63) is 54.3 Å². The van der Waals surface area contributed by atoms with Gasteiger partial charge in [0.2, 0.25) is 0 Å². The molecule has 0 fully saturated rings. The Bertz CT molecular complexity index is 451. The fourth-order valence-electron chi connectivity index (χ4n) is 1.51. The normalized spacial score (nSPS) is 10.0. The third-order valence-corrected chi connectivity index (χ3v) is 2.20. The lowest BCUT2D eigenvalue weighted by Crippen LogP contribution is -1.90. The van der Waals surface area contributed by atoms with Crippen molar-refractivity contribution in [2.45, 2.75) is 0 Å². The molecular weight excluding hydrogens is 191 g/mol. The van der Waals surface area contributed by atoms with E-state index >= 15 is 0 Å². The van der Waals surface area contributed by atoms with Crippen molar-refractivity contribution in [3.63, 3.8) is 0 Å². The number of hydrogen-bond donors (Lipinski definition) is 0. The Balaban J connectivity index is 2.61. The van der Waals surface area contributed by atoms with E-state index in [9.17, 15) is 4.39 Å². The molecule has 2 heteroatoms. The van der Waals surface area contributed by atoms with Gasteiger partial charge >= 0.3 is 0 Å². The predicted molar refractivity (Wildman–Crippen MR) is 57.2 cm³/mol. The zero-order valence-corrected chi connectivity index (χ0v) is 8.33. The van der Waals surface area contributed by atoms with Gasteiger partial charge in [-0.25, -0.2) is 4.39 Å². The molecule has 2 rings (SSSR count). The third kappa shape index (κ3) is 1.84. The second-order valence-electron chi connectivity index (χ2n) is 3.11. The lowest BCUT2D eigenvalue weighted by atomic mass is 10.0. The SMILES string of the molecule is COc1cccc(F)c1-c1cc[c]cc1. The predicted octanol–water partition coefficient (Wildman–Crippen LogP) is 3.30. The van der Waals surface area contributed by atoms with Crippen LogP contribution in [-0.2, 0) is 0 Å². The van der Waals surface area contributed by atoms with E-state index in [1.54, 1.807) is 36.4 Å². The molecule has 0 bridgehead atoms. The summed E-state index contributed by atoms with van der Waals surface area (Å²) in [5.74, 6) is 0.266. The highest BCUT2D eigenvalue weighted by atomic mass is 19.1. The molecule has 1 nitrogen and oxygen atoms in total. The zero-order chi connectivity index (χ0) is 10.7. The highest BCUT2D eigenvalue weighted by Gasteiger charge is 2.10. The first-order valence-corrected chi connectivity index (χ1v) is 4.62. The molecule has 0 spiro atoms. The Morgan fingerprint density at radius 3 is 2.53 bits per heavy atom. The van der Waals surface area contributed by atoms with Crippen LogP contribution in [0.2, 0.25) is 0 Å². The molecule has 0 N–H and O–H groups in total. The van der Waals surface area contributed by atoms with E-state index in [-0.39, 0.29) is 5.82 Å². The van der Waals surface area contributed by atoms with Crippen LogP contribution in [0.1, 0.15) is 0 Å². The summed E-state index contributed by atoms with van der Waals surface area (Å²) in [6.45, 7) is 0. The molecule has 0 aromatic heterocycles. The zero-order valence-electron chi connectivity index (χ0n) is 8.33. The minimum absolute atomic E-state index is 0.277. The monoisotopic (exact) mass is 201 g/mol. The number of hydrogen-bond acceptors (Lipinski definition) is 1. The molecule has 0 unspecified atom stereocenters. The molecule has 0 atom stereocenters. The Morgan fingerprint density at radius 2 is 1.87 bits per heavy atom. The van der Waals surface area contributed by atoms with Gasteiger partial charge in [-0.1, -0.05) is 30.3 Å². The number of ether oxygens (including phenoxy) is 1. The lowest BCUT2D eigenvalue weighted by Gasteiger charge is -2.08. The lowest BCUT2D eigenvalue weighted by molar-refractivity contribution is 0.413. The van der Waals surface area contributed by atoms with Crippen LogP contribution in [-0.4, -0.2) is 7.11 Å². The van der Waals surface area contributed by atoms with Crippen molar-refractivity contribution >= 4 is 0 Å². The molecule has 75 valence electrons. The molecule has 0 heterocycles. The van der Waals surface area contributed by atoms with Gasteiger partial charge in [0.25, 0.3) is 0 Å². The Labute approximate surface area is 88.1 Å². The fourth-order valence-corrected chi connectivity index (χ4v) is 1.51. The maximum absolute atomic E-state index is 13.6. The van der Waals surface area contributed by atoms with E-state index in [1.807, 2.05) is 0 Å². The van der Waals surface area contributed by atoms with Gasteiger partial charge in [-0.2, -0.15) is 0 Å². The number of methoxy groups -OCH3 is 1. The first kappa shape index (κ1) is 9.71. The van der Waals surface area contributed by atoms with Gasteiger partial charge < -0.3 is 4.74 Å². The first-order valence-electron chi connectivity index (χ1n) is 4.62. The minimum Gasteiger partial charge on any atom is -0.496 e. The Kier molecular flexibility index (Phi) is 2.68. The maximum Gasteiger partial charge on any atom is 0.134 e. The third-order valence-electron chi connectivity index (χ3n) is 2.20. The summed E-state index contributed by atoms with van der Waals surface area (Å²) < 4.78 is 18.8. The minimum atomic E-state index is -0.277. The van der Waals surface area contributed by atoms with E-state index < -0.39 is 0 Å². The van der Waals surface area contributed by atoms with Crippen LogP contribution in [0.5, 0.6) is 5.75 Å². The second-order valence-corrected chi connectivity index (χ2v) is 3.11. The smallest absolute Gasteiger partial charge is 0.134 e. The van der Waals surface area contributed by atoms with Crippen molar-refractivity contribution in [3.8, 4) is 16.9 Å². The first-order chi connectivity index (χ1) is 7.33. The Hall–Kier alpha value is -1.83. The molecule has 2 aromatic carbocycles. The molecule has 2 aromatic rings. The van der Waals surface area contributed by atoms with Gasteiger partial charge in [0.15, 0.2) is 0 Å². The van der Waals surface area contributed by atoms with E-state index in [4.69, 9.17) is 4.74 Å². The summed E-state index contributed by atoms with van der Waals surface area (Å²) in [6, 6.07) is 14.8. The number of rotatable bonds is 2. The van der Waals surface area contributed by atoms with Crippen molar-refractivity contribution in [1.29, 1.82) is 0 Å². The average molecular weight is 201 g/mol. The van der Waals surface area contributed by atoms with Crippen LogP contribution in [0.3, 0.4) is 0 Å². The summed E-state index contributed by atoms with van der Waals surface area (Å²) in [6.07, 6.45) is 0. The van der Waals surface area contributed by atoms with Crippen LogP contribution < -0.4 is 4.74 Å². The summed E-state index contributed by atoms with van der Waals surface area (Å²) in [7, 11) is 1.54. The molecular formula is C13H10FO. The molecule has 0 amide bonds. The number of benzene rings is 2.